The van der Waals surface area contributed by atoms with Crippen LogP contribution in [0.5, 0.6) is 5.75 Å². The van der Waals surface area contributed by atoms with Gasteiger partial charge in [0.1, 0.15) is 23.9 Å². The second-order valence-corrected chi connectivity index (χ2v) is 5.55. The fourth-order valence-corrected chi connectivity index (χ4v) is 2.78. The number of ether oxygens (including phenoxy) is 1. The summed E-state index contributed by atoms with van der Waals surface area (Å²) in [6, 6.07) is 9.92. The van der Waals surface area contributed by atoms with Crippen LogP contribution < -0.4 is 4.74 Å². The monoisotopic (exact) mass is 283 g/mol. The summed E-state index contributed by atoms with van der Waals surface area (Å²) in [6.45, 7) is 2.06. The van der Waals surface area contributed by atoms with Crippen molar-refractivity contribution in [2.45, 2.75) is 19.4 Å². The normalized spacial score (nSPS) is 22.0. The summed E-state index contributed by atoms with van der Waals surface area (Å²) in [5, 5.41) is 24.6. The van der Waals surface area contributed by atoms with E-state index in [1.807, 2.05) is 38.2 Å². The third-order valence-electron chi connectivity index (χ3n) is 4.28. The second-order valence-electron chi connectivity index (χ2n) is 5.55. The summed E-state index contributed by atoms with van der Waals surface area (Å²) in [5.74, 6) is 0.790. The number of aryl methyl sites for hydroxylation is 1. The molecule has 0 spiro atoms. The van der Waals surface area contributed by atoms with Crippen LogP contribution in [0.4, 0.5) is 0 Å². The third kappa shape index (κ3) is 2.08. The van der Waals surface area contributed by atoms with Crippen molar-refractivity contribution in [3.05, 3.63) is 47.3 Å². The van der Waals surface area contributed by atoms with Gasteiger partial charge in [-0.15, -0.1) is 0 Å². The summed E-state index contributed by atoms with van der Waals surface area (Å²) in [6.07, 6.45) is 1.17. The molecule has 108 valence electrons. The zero-order chi connectivity index (χ0) is 15.0. The van der Waals surface area contributed by atoms with E-state index >= 15 is 0 Å². The van der Waals surface area contributed by atoms with Gasteiger partial charge in [-0.3, -0.25) is 4.68 Å². The molecule has 5 nitrogen and oxygen atoms in total. The van der Waals surface area contributed by atoms with Crippen LogP contribution in [0, 0.1) is 23.7 Å². The molecule has 1 aromatic carbocycles. The summed E-state index contributed by atoms with van der Waals surface area (Å²) < 4.78 is 7.41. The zero-order valence-corrected chi connectivity index (χ0v) is 12.1. The van der Waals surface area contributed by atoms with Crippen molar-refractivity contribution in [2.75, 3.05) is 6.61 Å². The van der Waals surface area contributed by atoms with Crippen molar-refractivity contribution in [1.29, 1.82) is 5.26 Å². The molecule has 5 heteroatoms. The first-order valence-electron chi connectivity index (χ1n) is 6.86. The molecule has 0 radical (unpaired) electrons. The molecule has 2 atom stereocenters. The Morgan fingerprint density at radius 3 is 2.90 bits per heavy atom. The number of aliphatic hydroxyl groups excluding tert-OH is 1. The molecule has 2 unspecified atom stereocenters. The largest absolute Gasteiger partial charge is 0.492 e. The minimum atomic E-state index is -0.984. The lowest BCUT2D eigenvalue weighted by atomic mass is 9.74. The van der Waals surface area contributed by atoms with Crippen LogP contribution in [0.25, 0.3) is 0 Å². The number of benzene rings is 1. The van der Waals surface area contributed by atoms with Crippen LogP contribution >= 0.6 is 0 Å². The molecule has 2 aromatic rings. The number of nitrogens with zero attached hydrogens (tertiary/aromatic N) is 3. The van der Waals surface area contributed by atoms with Gasteiger partial charge >= 0.3 is 0 Å². The Morgan fingerprint density at radius 1 is 1.48 bits per heavy atom. The van der Waals surface area contributed by atoms with E-state index in [2.05, 4.69) is 11.2 Å². The number of aromatic nitrogens is 2. The van der Waals surface area contributed by atoms with Crippen LogP contribution in [0.15, 0.2) is 30.5 Å². The fraction of sp³-hybridized carbons (Fsp3) is 0.375. The van der Waals surface area contributed by atoms with Crippen molar-refractivity contribution in [2.24, 2.45) is 12.5 Å². The molecular weight excluding hydrogens is 266 g/mol. The summed E-state index contributed by atoms with van der Waals surface area (Å²) in [5.41, 5.74) is 1.51. The lowest BCUT2D eigenvalue weighted by Crippen LogP contribution is -2.39. The molecule has 1 aliphatic rings. The van der Waals surface area contributed by atoms with Crippen LogP contribution in [0.3, 0.4) is 0 Å². The number of para-hydroxylation sites is 1. The number of hydrogen-bond donors (Lipinski definition) is 1. The Bertz CT molecular complexity index is 717. The Morgan fingerprint density at radius 2 is 2.24 bits per heavy atom. The smallest absolute Gasteiger partial charge is 0.125 e. The number of nitriles is 1. The number of rotatable bonds is 2. The van der Waals surface area contributed by atoms with Gasteiger partial charge in [0, 0.05) is 24.7 Å². The second kappa shape index (κ2) is 4.90. The van der Waals surface area contributed by atoms with E-state index in [4.69, 9.17) is 4.74 Å². The van der Waals surface area contributed by atoms with Crippen molar-refractivity contribution in [3.63, 3.8) is 0 Å². The number of hydrogen-bond acceptors (Lipinski definition) is 4. The van der Waals surface area contributed by atoms with Crippen LogP contribution in [-0.2, 0) is 13.5 Å². The summed E-state index contributed by atoms with van der Waals surface area (Å²) in [4.78, 5) is 0. The molecule has 3 rings (SSSR count). The maximum Gasteiger partial charge on any atom is 0.125 e. The average molecular weight is 283 g/mol. The van der Waals surface area contributed by atoms with Gasteiger partial charge in [-0.1, -0.05) is 18.2 Å². The molecule has 0 saturated carbocycles. The SMILES string of the molecule is Cc1c(C(O)C2(C#N)COc3ccccc3C2)cnn1C. The Labute approximate surface area is 123 Å². The summed E-state index contributed by atoms with van der Waals surface area (Å²) in [7, 11) is 1.82. The van der Waals surface area contributed by atoms with Gasteiger partial charge in [0.2, 0.25) is 0 Å². The van der Waals surface area contributed by atoms with Gasteiger partial charge in [0.15, 0.2) is 0 Å². The fourth-order valence-electron chi connectivity index (χ4n) is 2.78. The average Bonchev–Trinajstić information content (AvgIpc) is 2.85. The maximum absolute atomic E-state index is 10.8. The highest BCUT2D eigenvalue weighted by Gasteiger charge is 2.44. The van der Waals surface area contributed by atoms with Crippen LogP contribution in [0.1, 0.15) is 22.9 Å². The predicted molar refractivity (Wildman–Crippen MR) is 76.6 cm³/mol. The molecule has 0 saturated heterocycles. The Kier molecular flexibility index (Phi) is 3.19. The van der Waals surface area contributed by atoms with E-state index in [0.29, 0.717) is 12.0 Å². The Hall–Kier alpha value is -2.32. The molecule has 1 aliphatic heterocycles. The quantitative estimate of drug-likeness (QED) is 0.914. The topological polar surface area (TPSA) is 71.1 Å². The lowest BCUT2D eigenvalue weighted by molar-refractivity contribution is 0.0167. The van der Waals surface area contributed by atoms with Crippen LogP contribution in [-0.4, -0.2) is 21.5 Å². The number of aliphatic hydroxyl groups is 1. The molecule has 0 amide bonds. The van der Waals surface area contributed by atoms with Gasteiger partial charge in [0.05, 0.1) is 12.3 Å². The highest BCUT2D eigenvalue weighted by Crippen LogP contribution is 2.43. The minimum Gasteiger partial charge on any atom is -0.492 e. The van der Waals surface area contributed by atoms with Gasteiger partial charge in [-0.25, -0.2) is 0 Å². The van der Waals surface area contributed by atoms with E-state index in [1.54, 1.807) is 10.9 Å². The first kappa shape index (κ1) is 13.7. The first-order valence-corrected chi connectivity index (χ1v) is 6.86. The third-order valence-corrected chi connectivity index (χ3v) is 4.28. The molecule has 2 heterocycles. The van der Waals surface area contributed by atoms with Gasteiger partial charge < -0.3 is 9.84 Å². The van der Waals surface area contributed by atoms with E-state index in [-0.39, 0.29) is 6.61 Å². The van der Waals surface area contributed by atoms with Crippen molar-refractivity contribution in [1.82, 2.24) is 9.78 Å². The Balaban J connectivity index is 1.99. The molecule has 0 bridgehead atoms. The number of fused-ring (bicyclic) bond motifs is 1. The molecule has 1 N–H and O–H groups in total. The molecule has 1 aromatic heterocycles. The maximum atomic E-state index is 10.8. The van der Waals surface area contributed by atoms with Crippen molar-refractivity contribution >= 4 is 0 Å². The van der Waals surface area contributed by atoms with Crippen molar-refractivity contribution in [3.8, 4) is 11.8 Å². The van der Waals surface area contributed by atoms with E-state index in [1.165, 1.54) is 0 Å². The first-order chi connectivity index (χ1) is 10.1. The molecular formula is C16H17N3O2. The predicted octanol–water partition coefficient (Wildman–Crippen LogP) is 1.91. The van der Waals surface area contributed by atoms with E-state index in [0.717, 1.165) is 17.0 Å². The minimum absolute atomic E-state index is 0.177. The van der Waals surface area contributed by atoms with Gasteiger partial charge in [-0.2, -0.15) is 10.4 Å². The van der Waals surface area contributed by atoms with E-state index in [9.17, 15) is 10.4 Å². The highest BCUT2D eigenvalue weighted by atomic mass is 16.5. The lowest BCUT2D eigenvalue weighted by Gasteiger charge is -2.35. The molecule has 0 aliphatic carbocycles. The van der Waals surface area contributed by atoms with Gasteiger partial charge in [0.25, 0.3) is 0 Å². The van der Waals surface area contributed by atoms with E-state index < -0.39 is 11.5 Å². The molecule has 21 heavy (non-hydrogen) atoms. The van der Waals surface area contributed by atoms with Crippen molar-refractivity contribution < 1.29 is 9.84 Å². The zero-order valence-electron chi connectivity index (χ0n) is 12.1. The van der Waals surface area contributed by atoms with Gasteiger partial charge in [-0.05, 0) is 18.6 Å². The van der Waals surface area contributed by atoms with Crippen LogP contribution in [0.2, 0.25) is 0 Å². The summed E-state index contributed by atoms with van der Waals surface area (Å²) >= 11 is 0. The standard InChI is InChI=1S/C16H17N3O2/c1-11-13(8-18-19(11)2)15(20)16(9-17)7-12-5-3-4-6-14(12)21-10-16/h3-6,8,15,20H,7,10H2,1-2H3. The molecule has 0 fully saturated rings. The highest BCUT2D eigenvalue weighted by molar-refractivity contribution is 5.39.